The normalized spacial score (nSPS) is 13.3. The zero-order chi connectivity index (χ0) is 23.8. The molecule has 0 saturated carbocycles. The molecule has 0 saturated heterocycles. The molecule has 35 heavy (non-hydrogen) atoms. The highest BCUT2D eigenvalue weighted by Gasteiger charge is 2.51. The van der Waals surface area contributed by atoms with Gasteiger partial charge in [-0.2, -0.15) is 0 Å². The Bertz CT molecular complexity index is 1440. The van der Waals surface area contributed by atoms with Crippen molar-refractivity contribution in [1.82, 2.24) is 0 Å². The molecule has 0 atom stereocenters. The van der Waals surface area contributed by atoms with Crippen LogP contribution >= 0.6 is 0 Å². The molecule has 0 aliphatic heterocycles. The predicted molar refractivity (Wildman–Crippen MR) is 148 cm³/mol. The molecule has 2 aliphatic carbocycles. The van der Waals surface area contributed by atoms with E-state index in [0.29, 0.717) is 0 Å². The van der Waals surface area contributed by atoms with E-state index in [9.17, 15) is 0 Å². The van der Waals surface area contributed by atoms with Gasteiger partial charge in [-0.05, 0) is 63.4 Å². The fraction of sp³-hybridized carbons (Fsp3) is 0.143. The van der Waals surface area contributed by atoms with Gasteiger partial charge < -0.3 is 0 Å². The summed E-state index contributed by atoms with van der Waals surface area (Å²) in [5.74, 6) is 0. The molecule has 0 unspecified atom stereocenters. The van der Waals surface area contributed by atoms with Crippen LogP contribution in [0.15, 0.2) is 121 Å². The first-order chi connectivity index (χ1) is 17.2. The van der Waals surface area contributed by atoms with Gasteiger partial charge in [-0.25, -0.2) is 0 Å². The lowest BCUT2D eigenvalue weighted by molar-refractivity contribution is 0.792. The van der Waals surface area contributed by atoms with Gasteiger partial charge in [-0.3, -0.25) is 0 Å². The van der Waals surface area contributed by atoms with Crippen LogP contribution in [0.3, 0.4) is 0 Å². The number of aryl methyl sites for hydroxylation is 2. The molecule has 0 heteroatoms. The minimum atomic E-state index is -0.189. The van der Waals surface area contributed by atoms with Crippen LogP contribution in [0.2, 0.25) is 0 Å². The molecule has 0 N–H and O–H groups in total. The van der Waals surface area contributed by atoms with Crippen molar-refractivity contribution in [2.45, 2.75) is 32.1 Å². The van der Waals surface area contributed by atoms with E-state index in [0.717, 1.165) is 0 Å². The highest BCUT2D eigenvalue weighted by Crippen LogP contribution is 2.62. The average molecular weight is 451 g/mol. The molecule has 0 bridgehead atoms. The van der Waals surface area contributed by atoms with Gasteiger partial charge in [-0.1, -0.05) is 140 Å². The second kappa shape index (κ2) is 8.71. The van der Waals surface area contributed by atoms with Crippen molar-refractivity contribution in [1.29, 1.82) is 0 Å². The minimum absolute atomic E-state index is 0.189. The average Bonchev–Trinajstić information content (AvgIpc) is 3.37. The topological polar surface area (TPSA) is 0 Å². The summed E-state index contributed by atoms with van der Waals surface area (Å²) in [6.45, 7) is 4.40. The second-order valence-corrected chi connectivity index (χ2v) is 9.67. The summed E-state index contributed by atoms with van der Waals surface area (Å²) >= 11 is 0. The van der Waals surface area contributed by atoms with Crippen molar-refractivity contribution < 1.29 is 0 Å². The van der Waals surface area contributed by atoms with E-state index in [-0.39, 0.29) is 5.41 Å². The maximum absolute atomic E-state index is 2.40. The monoisotopic (exact) mass is 450 g/mol. The summed E-state index contributed by atoms with van der Waals surface area (Å²) in [5.41, 5.74) is 13.7. The van der Waals surface area contributed by atoms with Gasteiger partial charge in [0.15, 0.2) is 0 Å². The summed E-state index contributed by atoms with van der Waals surface area (Å²) in [6.07, 6.45) is 2.45. The zero-order valence-corrected chi connectivity index (χ0v) is 20.5. The van der Waals surface area contributed by atoms with Gasteiger partial charge in [0.2, 0.25) is 0 Å². The van der Waals surface area contributed by atoms with Crippen LogP contribution in [-0.4, -0.2) is 0 Å². The van der Waals surface area contributed by atoms with Crippen molar-refractivity contribution >= 4 is 0 Å². The van der Waals surface area contributed by atoms with Gasteiger partial charge in [0, 0.05) is 0 Å². The largest absolute Gasteiger partial charge is 0.0725 e. The van der Waals surface area contributed by atoms with Gasteiger partial charge in [-0.15, -0.1) is 0 Å². The third kappa shape index (κ3) is 3.28. The number of benzene rings is 5. The highest BCUT2D eigenvalue weighted by molar-refractivity contribution is 5.94. The Balaban J connectivity index is 0.000000217. The Hall–Kier alpha value is -3.90. The molecule has 5 aromatic carbocycles. The molecule has 0 heterocycles. The fourth-order valence-corrected chi connectivity index (χ4v) is 6.14. The first kappa shape index (κ1) is 21.6. The van der Waals surface area contributed by atoms with E-state index in [1.54, 1.807) is 0 Å². The number of hydrogen-bond donors (Lipinski definition) is 0. The molecule has 170 valence electrons. The van der Waals surface area contributed by atoms with Crippen LogP contribution in [0.5, 0.6) is 0 Å². The van der Waals surface area contributed by atoms with Crippen LogP contribution in [0.1, 0.15) is 46.7 Å². The first-order valence-corrected chi connectivity index (χ1v) is 12.7. The van der Waals surface area contributed by atoms with Crippen LogP contribution in [-0.2, 0) is 11.8 Å². The lowest BCUT2D eigenvalue weighted by Crippen LogP contribution is -2.25. The Labute approximate surface area is 208 Å². The third-order valence-electron chi connectivity index (χ3n) is 7.53. The van der Waals surface area contributed by atoms with Crippen LogP contribution in [0.25, 0.3) is 22.3 Å². The van der Waals surface area contributed by atoms with Crippen molar-refractivity contribution in [2.75, 3.05) is 0 Å². The highest BCUT2D eigenvalue weighted by atomic mass is 14.5. The quantitative estimate of drug-likeness (QED) is 0.246. The number of fused-ring (bicyclic) bond motifs is 10. The molecular weight excluding hydrogens is 420 g/mol. The molecule has 0 radical (unpaired) electrons. The van der Waals surface area contributed by atoms with Crippen molar-refractivity contribution in [3.8, 4) is 22.3 Å². The molecule has 0 amide bonds. The SMILES string of the molecule is CCCc1ccccc1.Cc1ccc2c(c1)C1(c3ccccc3-c3ccccc31)c1ccccc1-2. The summed E-state index contributed by atoms with van der Waals surface area (Å²) < 4.78 is 0. The lowest BCUT2D eigenvalue weighted by atomic mass is 9.70. The number of hydrogen-bond acceptors (Lipinski definition) is 0. The molecular formula is C35H30. The summed E-state index contributed by atoms with van der Waals surface area (Å²) in [5, 5.41) is 0. The zero-order valence-electron chi connectivity index (χ0n) is 20.5. The summed E-state index contributed by atoms with van der Waals surface area (Å²) in [7, 11) is 0. The molecule has 1 spiro atoms. The number of rotatable bonds is 2. The maximum Gasteiger partial charge on any atom is 0.0725 e. The fourth-order valence-electron chi connectivity index (χ4n) is 6.14. The van der Waals surface area contributed by atoms with E-state index in [1.165, 1.54) is 68.5 Å². The Kier molecular flexibility index (Phi) is 5.38. The van der Waals surface area contributed by atoms with Crippen molar-refractivity contribution in [2.24, 2.45) is 0 Å². The molecule has 2 aliphatic rings. The van der Waals surface area contributed by atoms with E-state index < -0.39 is 0 Å². The molecule has 0 aromatic heterocycles. The second-order valence-electron chi connectivity index (χ2n) is 9.67. The predicted octanol–water partition coefficient (Wildman–Crippen LogP) is 8.98. The molecule has 0 fully saturated rings. The van der Waals surface area contributed by atoms with Crippen LogP contribution in [0.4, 0.5) is 0 Å². The minimum Gasteiger partial charge on any atom is -0.0651 e. The summed E-state index contributed by atoms with van der Waals surface area (Å²) in [6, 6.07) is 44.3. The van der Waals surface area contributed by atoms with Crippen LogP contribution < -0.4 is 0 Å². The standard InChI is InChI=1S/C26H18.C9H12/c1-17-14-15-21-20-10-4-7-13-24(20)26(25(21)16-17)22-11-5-2-8-18(22)19-9-3-6-12-23(19)26;1-2-6-9-7-4-3-5-8-9/h2-16H,1H3;3-5,7-8H,2,6H2,1H3. The Morgan fingerprint density at radius 1 is 0.486 bits per heavy atom. The van der Waals surface area contributed by atoms with Gasteiger partial charge in [0.05, 0.1) is 5.41 Å². The molecule has 0 nitrogen and oxygen atoms in total. The van der Waals surface area contributed by atoms with E-state index in [4.69, 9.17) is 0 Å². The van der Waals surface area contributed by atoms with E-state index >= 15 is 0 Å². The van der Waals surface area contributed by atoms with Gasteiger partial charge in [0.25, 0.3) is 0 Å². The first-order valence-electron chi connectivity index (χ1n) is 12.7. The van der Waals surface area contributed by atoms with E-state index in [2.05, 4.69) is 135 Å². The molecule has 5 aromatic rings. The van der Waals surface area contributed by atoms with Gasteiger partial charge >= 0.3 is 0 Å². The Morgan fingerprint density at radius 2 is 0.943 bits per heavy atom. The van der Waals surface area contributed by atoms with E-state index in [1.807, 2.05) is 0 Å². The summed E-state index contributed by atoms with van der Waals surface area (Å²) in [4.78, 5) is 0. The smallest absolute Gasteiger partial charge is 0.0651 e. The third-order valence-corrected chi connectivity index (χ3v) is 7.53. The van der Waals surface area contributed by atoms with Crippen molar-refractivity contribution in [3.63, 3.8) is 0 Å². The molecule has 7 rings (SSSR count). The van der Waals surface area contributed by atoms with Gasteiger partial charge in [0.1, 0.15) is 0 Å². The lowest BCUT2D eigenvalue weighted by Gasteiger charge is -2.30. The van der Waals surface area contributed by atoms with Crippen molar-refractivity contribution in [3.05, 3.63) is 155 Å². The maximum atomic E-state index is 2.40. The Morgan fingerprint density at radius 3 is 1.46 bits per heavy atom. The van der Waals surface area contributed by atoms with Crippen LogP contribution in [0, 0.1) is 6.92 Å².